The maximum absolute atomic E-state index is 13.1. The minimum atomic E-state index is -0.257. The summed E-state index contributed by atoms with van der Waals surface area (Å²) < 4.78 is 11.9. The molecule has 1 aliphatic carbocycles. The third-order valence-corrected chi connectivity index (χ3v) is 5.75. The predicted octanol–water partition coefficient (Wildman–Crippen LogP) is 3.38. The minimum absolute atomic E-state index is 0.0911. The Morgan fingerprint density at radius 2 is 2.38 bits per heavy atom. The van der Waals surface area contributed by atoms with Gasteiger partial charge in [-0.05, 0) is 37.1 Å². The van der Waals surface area contributed by atoms with Gasteiger partial charge in [-0.1, -0.05) is 12.5 Å². The largest absolute Gasteiger partial charge is 0.377 e. The molecule has 1 N–H and O–H groups in total. The van der Waals surface area contributed by atoms with Crippen LogP contribution in [0.5, 0.6) is 0 Å². The van der Waals surface area contributed by atoms with Gasteiger partial charge in [-0.25, -0.2) is 0 Å². The summed E-state index contributed by atoms with van der Waals surface area (Å²) in [6.45, 7) is 6.83. The van der Waals surface area contributed by atoms with Gasteiger partial charge in [0, 0.05) is 35.1 Å². The van der Waals surface area contributed by atoms with Crippen LogP contribution in [-0.2, 0) is 9.47 Å². The molecule has 1 aromatic heterocycles. The van der Waals surface area contributed by atoms with Crippen LogP contribution in [0.15, 0.2) is 43.1 Å². The van der Waals surface area contributed by atoms with Crippen LogP contribution in [0.2, 0.25) is 0 Å². The van der Waals surface area contributed by atoms with Gasteiger partial charge in [0.2, 0.25) is 0 Å². The van der Waals surface area contributed by atoms with Crippen LogP contribution < -0.4 is 0 Å². The second kappa shape index (κ2) is 7.25. The number of amides is 1. The average molecular weight is 354 g/mol. The Labute approximate surface area is 154 Å². The first-order valence-electron chi connectivity index (χ1n) is 9.41. The average Bonchev–Trinajstić information content (AvgIpc) is 3.28. The number of H-pyrrole nitrogens is 1. The number of rotatable bonds is 5. The highest BCUT2D eigenvalue weighted by Gasteiger charge is 2.47. The van der Waals surface area contributed by atoms with E-state index in [0.29, 0.717) is 38.8 Å². The molecule has 1 saturated carbocycles. The zero-order valence-electron chi connectivity index (χ0n) is 15.1. The Balaban J connectivity index is 1.50. The maximum Gasteiger partial charge on any atom is 0.254 e. The van der Waals surface area contributed by atoms with Gasteiger partial charge in [-0.2, -0.15) is 0 Å². The normalized spacial score (nSPS) is 25.8. The van der Waals surface area contributed by atoms with E-state index < -0.39 is 0 Å². The SMILES string of the molecule is C=CCOC[C@H]1CCC[C@]12CN(C(=O)c1ccc3[nH]ccc3c1)CCO2. The number of fused-ring (bicyclic) bond motifs is 1. The van der Waals surface area contributed by atoms with Gasteiger partial charge in [0.05, 0.1) is 32.0 Å². The second-order valence-corrected chi connectivity index (χ2v) is 7.33. The fraction of sp³-hybridized carbons (Fsp3) is 0.476. The van der Waals surface area contributed by atoms with E-state index in [4.69, 9.17) is 9.47 Å². The Morgan fingerprint density at radius 3 is 3.27 bits per heavy atom. The van der Waals surface area contributed by atoms with E-state index in [1.54, 1.807) is 6.08 Å². The van der Waals surface area contributed by atoms with Gasteiger partial charge in [-0.3, -0.25) is 4.79 Å². The van der Waals surface area contributed by atoms with Crippen molar-refractivity contribution in [2.75, 3.05) is 32.9 Å². The molecule has 0 bridgehead atoms. The highest BCUT2D eigenvalue weighted by Crippen LogP contribution is 2.41. The van der Waals surface area contributed by atoms with E-state index in [-0.39, 0.29) is 11.5 Å². The molecule has 4 rings (SSSR count). The van der Waals surface area contributed by atoms with Gasteiger partial charge in [0.15, 0.2) is 0 Å². The van der Waals surface area contributed by atoms with Crippen LogP contribution in [0.25, 0.3) is 10.9 Å². The van der Waals surface area contributed by atoms with Crippen LogP contribution in [0.3, 0.4) is 0 Å². The molecule has 138 valence electrons. The van der Waals surface area contributed by atoms with Gasteiger partial charge < -0.3 is 19.4 Å². The number of nitrogens with one attached hydrogen (secondary N) is 1. The topological polar surface area (TPSA) is 54.6 Å². The summed E-state index contributed by atoms with van der Waals surface area (Å²) in [7, 11) is 0. The highest BCUT2D eigenvalue weighted by molar-refractivity contribution is 5.98. The highest BCUT2D eigenvalue weighted by atomic mass is 16.5. The zero-order chi connectivity index (χ0) is 18.0. The smallest absolute Gasteiger partial charge is 0.254 e. The van der Waals surface area contributed by atoms with Crippen molar-refractivity contribution < 1.29 is 14.3 Å². The molecule has 2 aromatic rings. The fourth-order valence-corrected chi connectivity index (χ4v) is 4.39. The van der Waals surface area contributed by atoms with Gasteiger partial charge in [0.1, 0.15) is 0 Å². The Hall–Kier alpha value is -2.11. The van der Waals surface area contributed by atoms with Gasteiger partial charge in [-0.15, -0.1) is 6.58 Å². The van der Waals surface area contributed by atoms with Crippen molar-refractivity contribution in [2.45, 2.75) is 24.9 Å². The second-order valence-electron chi connectivity index (χ2n) is 7.33. The molecule has 5 nitrogen and oxygen atoms in total. The number of ether oxygens (including phenoxy) is 2. The lowest BCUT2D eigenvalue weighted by Gasteiger charge is -2.44. The Kier molecular flexibility index (Phi) is 4.83. The molecular formula is C21H26N2O3. The van der Waals surface area contributed by atoms with E-state index in [2.05, 4.69) is 11.6 Å². The number of nitrogens with zero attached hydrogens (tertiary/aromatic N) is 1. The first kappa shape index (κ1) is 17.3. The third-order valence-electron chi connectivity index (χ3n) is 5.75. The zero-order valence-corrected chi connectivity index (χ0v) is 15.1. The van der Waals surface area contributed by atoms with E-state index >= 15 is 0 Å². The van der Waals surface area contributed by atoms with Crippen LogP contribution in [0.1, 0.15) is 29.6 Å². The Bertz CT molecular complexity index is 799. The molecule has 2 atom stereocenters. The predicted molar refractivity (Wildman–Crippen MR) is 101 cm³/mol. The van der Waals surface area contributed by atoms with E-state index in [0.717, 1.165) is 35.7 Å². The molecule has 0 radical (unpaired) electrons. The van der Waals surface area contributed by atoms with Crippen molar-refractivity contribution in [3.63, 3.8) is 0 Å². The third kappa shape index (κ3) is 3.17. The molecule has 2 aliphatic rings. The summed E-state index contributed by atoms with van der Waals surface area (Å²) in [6.07, 6.45) is 6.88. The number of benzene rings is 1. The van der Waals surface area contributed by atoms with E-state index in [9.17, 15) is 4.79 Å². The lowest BCUT2D eigenvalue weighted by molar-refractivity contribution is -0.132. The number of carbonyl (C=O) groups is 1. The number of carbonyl (C=O) groups excluding carboxylic acids is 1. The van der Waals surface area contributed by atoms with Gasteiger partial charge >= 0.3 is 0 Å². The molecule has 5 heteroatoms. The standard InChI is InChI=1S/C21H26N2O3/c1-2-11-25-14-18-4-3-8-21(18)15-23(10-12-26-21)20(24)17-5-6-19-16(13-17)7-9-22-19/h2,5-7,9,13,18,22H,1,3-4,8,10-12,14-15H2/t18-,21+/m1/s1. The summed E-state index contributed by atoms with van der Waals surface area (Å²) in [4.78, 5) is 18.2. The van der Waals surface area contributed by atoms with Crippen LogP contribution >= 0.6 is 0 Å². The first-order valence-corrected chi connectivity index (χ1v) is 9.41. The van der Waals surface area contributed by atoms with Crippen molar-refractivity contribution >= 4 is 16.8 Å². The summed E-state index contributed by atoms with van der Waals surface area (Å²) in [6, 6.07) is 7.84. The lowest BCUT2D eigenvalue weighted by atomic mass is 9.89. The molecular weight excluding hydrogens is 328 g/mol. The summed E-state index contributed by atoms with van der Waals surface area (Å²) in [5.41, 5.74) is 1.54. The number of hydrogen-bond acceptors (Lipinski definition) is 3. The fourth-order valence-electron chi connectivity index (χ4n) is 4.39. The summed E-state index contributed by atoms with van der Waals surface area (Å²) in [5.74, 6) is 0.429. The first-order chi connectivity index (χ1) is 12.7. The molecule has 2 heterocycles. The number of hydrogen-bond donors (Lipinski definition) is 1. The van der Waals surface area contributed by atoms with E-state index in [1.807, 2.05) is 35.4 Å². The van der Waals surface area contributed by atoms with Crippen LogP contribution in [0, 0.1) is 5.92 Å². The Morgan fingerprint density at radius 1 is 1.46 bits per heavy atom. The van der Waals surface area contributed by atoms with Crippen molar-refractivity contribution in [3.8, 4) is 0 Å². The molecule has 26 heavy (non-hydrogen) atoms. The molecule has 1 amide bonds. The molecule has 1 saturated heterocycles. The maximum atomic E-state index is 13.1. The van der Waals surface area contributed by atoms with Crippen LogP contribution in [-0.4, -0.2) is 54.3 Å². The van der Waals surface area contributed by atoms with Crippen molar-refractivity contribution in [1.29, 1.82) is 0 Å². The monoisotopic (exact) mass is 354 g/mol. The summed E-state index contributed by atoms with van der Waals surface area (Å²) >= 11 is 0. The molecule has 2 fully saturated rings. The van der Waals surface area contributed by atoms with E-state index in [1.165, 1.54) is 0 Å². The molecule has 0 unspecified atom stereocenters. The van der Waals surface area contributed by atoms with Crippen molar-refractivity contribution in [3.05, 3.63) is 48.7 Å². The summed E-state index contributed by atoms with van der Waals surface area (Å²) in [5, 5.41) is 1.07. The van der Waals surface area contributed by atoms with Crippen molar-refractivity contribution in [2.24, 2.45) is 5.92 Å². The van der Waals surface area contributed by atoms with Crippen molar-refractivity contribution in [1.82, 2.24) is 9.88 Å². The number of aromatic amines is 1. The molecule has 1 aromatic carbocycles. The van der Waals surface area contributed by atoms with Gasteiger partial charge in [0.25, 0.3) is 5.91 Å². The minimum Gasteiger partial charge on any atom is -0.377 e. The lowest BCUT2D eigenvalue weighted by Crippen LogP contribution is -2.56. The molecule has 1 spiro atoms. The number of morpholine rings is 1. The van der Waals surface area contributed by atoms with Crippen LogP contribution in [0.4, 0.5) is 0 Å². The molecule has 1 aliphatic heterocycles. The quantitative estimate of drug-likeness (QED) is 0.661. The number of aromatic nitrogens is 1.